The zero-order valence-corrected chi connectivity index (χ0v) is 9.48. The van der Waals surface area contributed by atoms with Crippen LogP contribution in [0.4, 0.5) is 13.2 Å². The Morgan fingerprint density at radius 2 is 1.87 bits per heavy atom. The maximum atomic E-state index is 12.1. The first-order chi connectivity index (χ1) is 6.91. The van der Waals surface area contributed by atoms with Gasteiger partial charge in [0.05, 0.1) is 0 Å². The molecule has 0 heterocycles. The van der Waals surface area contributed by atoms with E-state index in [0.717, 1.165) is 10.0 Å². The molecule has 0 bridgehead atoms. The summed E-state index contributed by atoms with van der Waals surface area (Å²) in [5, 5.41) is 0. The molecule has 1 aromatic rings. The van der Waals surface area contributed by atoms with Gasteiger partial charge in [-0.05, 0) is 24.5 Å². The van der Waals surface area contributed by atoms with Crippen LogP contribution in [-0.2, 0) is 6.42 Å². The number of hydrogen-bond donors (Lipinski definition) is 1. The van der Waals surface area contributed by atoms with Gasteiger partial charge in [-0.1, -0.05) is 34.1 Å². The largest absolute Gasteiger partial charge is 0.403 e. The van der Waals surface area contributed by atoms with Gasteiger partial charge in [0, 0.05) is 4.47 Å². The van der Waals surface area contributed by atoms with Gasteiger partial charge in [0.15, 0.2) is 0 Å². The maximum absolute atomic E-state index is 12.1. The molecule has 1 rings (SSSR count). The Hall–Kier alpha value is -0.550. The minimum atomic E-state index is -4.30. The molecule has 0 unspecified atom stereocenters. The summed E-state index contributed by atoms with van der Waals surface area (Å²) < 4.78 is 37.2. The third kappa shape index (κ3) is 3.83. The lowest BCUT2D eigenvalue weighted by Gasteiger charge is -2.15. The Balaban J connectivity index is 2.55. The smallest absolute Gasteiger partial charge is 0.320 e. The topological polar surface area (TPSA) is 26.0 Å². The second-order valence-electron chi connectivity index (χ2n) is 3.28. The molecular formula is C10H11BrF3N. The van der Waals surface area contributed by atoms with E-state index in [1.54, 1.807) is 18.2 Å². The fraction of sp³-hybridized carbons (Fsp3) is 0.400. The summed E-state index contributed by atoms with van der Waals surface area (Å²) in [4.78, 5) is 0. The van der Waals surface area contributed by atoms with Crippen LogP contribution in [0.1, 0.15) is 12.0 Å². The summed E-state index contributed by atoms with van der Waals surface area (Å²) in [6.45, 7) is 0. The number of nitrogens with two attached hydrogens (primary N) is 1. The first-order valence-corrected chi connectivity index (χ1v) is 5.26. The van der Waals surface area contributed by atoms with E-state index in [9.17, 15) is 13.2 Å². The number of hydrogen-bond acceptors (Lipinski definition) is 1. The number of halogens is 4. The van der Waals surface area contributed by atoms with Crippen molar-refractivity contribution in [1.29, 1.82) is 0 Å². The first kappa shape index (κ1) is 12.5. The Labute approximate surface area is 94.6 Å². The van der Waals surface area contributed by atoms with Crippen LogP contribution in [0, 0.1) is 0 Å². The fourth-order valence-corrected chi connectivity index (χ4v) is 1.66. The SMILES string of the molecule is N[C@@H](CCc1ccccc1Br)C(F)(F)F. The molecule has 84 valence electrons. The molecule has 0 fully saturated rings. The van der Waals surface area contributed by atoms with Crippen LogP contribution >= 0.6 is 15.9 Å². The van der Waals surface area contributed by atoms with Crippen LogP contribution in [0.15, 0.2) is 28.7 Å². The molecule has 0 saturated carbocycles. The molecule has 0 spiro atoms. The fourth-order valence-electron chi connectivity index (χ4n) is 1.18. The standard InChI is InChI=1S/C10H11BrF3N/c11-8-4-2-1-3-7(8)5-6-9(15)10(12,13)14/h1-4,9H,5-6,15H2/t9-/m0/s1. The first-order valence-electron chi connectivity index (χ1n) is 4.47. The minimum absolute atomic E-state index is 0.0912. The molecule has 1 aromatic carbocycles. The van der Waals surface area contributed by atoms with Gasteiger partial charge < -0.3 is 5.73 Å². The van der Waals surface area contributed by atoms with E-state index in [1.807, 2.05) is 6.07 Å². The molecule has 2 N–H and O–H groups in total. The summed E-state index contributed by atoms with van der Waals surface area (Å²) in [5.74, 6) is 0. The van der Waals surface area contributed by atoms with Crippen LogP contribution in [0.3, 0.4) is 0 Å². The zero-order chi connectivity index (χ0) is 11.5. The van der Waals surface area contributed by atoms with Crippen LogP contribution in [-0.4, -0.2) is 12.2 Å². The Morgan fingerprint density at radius 1 is 1.27 bits per heavy atom. The number of rotatable bonds is 3. The summed E-state index contributed by atoms with van der Waals surface area (Å²) in [6, 6.07) is 5.45. The number of aryl methyl sites for hydroxylation is 1. The lowest BCUT2D eigenvalue weighted by Crippen LogP contribution is -2.37. The summed E-state index contributed by atoms with van der Waals surface area (Å²) >= 11 is 3.27. The minimum Gasteiger partial charge on any atom is -0.320 e. The summed E-state index contributed by atoms with van der Waals surface area (Å²) in [6.07, 6.45) is -4.07. The Bertz CT molecular complexity index is 325. The molecule has 0 aliphatic heterocycles. The zero-order valence-electron chi connectivity index (χ0n) is 7.89. The van der Waals surface area contributed by atoms with Crippen molar-refractivity contribution in [2.75, 3.05) is 0 Å². The van der Waals surface area contributed by atoms with Gasteiger partial charge in [-0.2, -0.15) is 13.2 Å². The van der Waals surface area contributed by atoms with Crippen LogP contribution in [0.5, 0.6) is 0 Å². The van der Waals surface area contributed by atoms with E-state index in [1.165, 1.54) is 0 Å². The van der Waals surface area contributed by atoms with Gasteiger partial charge in [0.25, 0.3) is 0 Å². The van der Waals surface area contributed by atoms with Crippen LogP contribution < -0.4 is 5.73 Å². The van der Waals surface area contributed by atoms with Crippen molar-refractivity contribution >= 4 is 15.9 Å². The van der Waals surface area contributed by atoms with E-state index in [2.05, 4.69) is 15.9 Å². The normalized spacial score (nSPS) is 13.9. The Morgan fingerprint density at radius 3 is 2.40 bits per heavy atom. The van der Waals surface area contributed by atoms with Crippen molar-refractivity contribution in [3.8, 4) is 0 Å². The monoisotopic (exact) mass is 281 g/mol. The Kier molecular flexibility index (Phi) is 4.16. The lowest BCUT2D eigenvalue weighted by molar-refractivity contribution is -0.148. The second kappa shape index (κ2) is 4.99. The number of alkyl halides is 3. The molecule has 0 radical (unpaired) electrons. The third-order valence-electron chi connectivity index (χ3n) is 2.10. The van der Waals surface area contributed by atoms with E-state index in [0.29, 0.717) is 6.42 Å². The highest BCUT2D eigenvalue weighted by Gasteiger charge is 2.36. The van der Waals surface area contributed by atoms with Gasteiger partial charge >= 0.3 is 6.18 Å². The highest BCUT2D eigenvalue weighted by Crippen LogP contribution is 2.24. The summed E-state index contributed by atoms with van der Waals surface area (Å²) in [5.41, 5.74) is 5.85. The molecule has 15 heavy (non-hydrogen) atoms. The average molecular weight is 282 g/mol. The van der Waals surface area contributed by atoms with Gasteiger partial charge in [-0.15, -0.1) is 0 Å². The van der Waals surface area contributed by atoms with E-state index in [-0.39, 0.29) is 6.42 Å². The average Bonchev–Trinajstić information content (AvgIpc) is 2.14. The van der Waals surface area contributed by atoms with E-state index in [4.69, 9.17) is 5.73 Å². The predicted octanol–water partition coefficient (Wildman–Crippen LogP) is 3.27. The second-order valence-corrected chi connectivity index (χ2v) is 4.13. The van der Waals surface area contributed by atoms with Crippen LogP contribution in [0.25, 0.3) is 0 Å². The molecule has 0 saturated heterocycles. The lowest BCUT2D eigenvalue weighted by atomic mass is 10.1. The maximum Gasteiger partial charge on any atom is 0.403 e. The molecule has 0 amide bonds. The van der Waals surface area contributed by atoms with E-state index < -0.39 is 12.2 Å². The molecule has 1 atom stereocenters. The predicted molar refractivity (Wildman–Crippen MR) is 56.5 cm³/mol. The van der Waals surface area contributed by atoms with Gasteiger partial charge in [0.2, 0.25) is 0 Å². The molecule has 0 aromatic heterocycles. The highest BCUT2D eigenvalue weighted by molar-refractivity contribution is 9.10. The van der Waals surface area contributed by atoms with Crippen molar-refractivity contribution in [3.05, 3.63) is 34.3 Å². The van der Waals surface area contributed by atoms with Gasteiger partial charge in [0.1, 0.15) is 6.04 Å². The van der Waals surface area contributed by atoms with Crippen molar-refractivity contribution < 1.29 is 13.2 Å². The highest BCUT2D eigenvalue weighted by atomic mass is 79.9. The van der Waals surface area contributed by atoms with Crippen molar-refractivity contribution in [1.82, 2.24) is 0 Å². The number of benzene rings is 1. The van der Waals surface area contributed by atoms with Crippen molar-refractivity contribution in [3.63, 3.8) is 0 Å². The van der Waals surface area contributed by atoms with Crippen molar-refractivity contribution in [2.45, 2.75) is 25.1 Å². The van der Waals surface area contributed by atoms with Gasteiger partial charge in [-0.3, -0.25) is 0 Å². The van der Waals surface area contributed by atoms with E-state index >= 15 is 0 Å². The molecular weight excluding hydrogens is 271 g/mol. The third-order valence-corrected chi connectivity index (χ3v) is 2.88. The molecule has 5 heteroatoms. The quantitative estimate of drug-likeness (QED) is 0.904. The van der Waals surface area contributed by atoms with Crippen molar-refractivity contribution in [2.24, 2.45) is 5.73 Å². The molecule has 0 aliphatic carbocycles. The molecule has 0 aliphatic rings. The molecule has 1 nitrogen and oxygen atoms in total. The van der Waals surface area contributed by atoms with Crippen LogP contribution in [0.2, 0.25) is 0 Å². The summed E-state index contributed by atoms with van der Waals surface area (Å²) in [7, 11) is 0. The van der Waals surface area contributed by atoms with Gasteiger partial charge in [-0.25, -0.2) is 0 Å².